The number of hydrogen-bond donors (Lipinski definition) is 3. The lowest BCUT2D eigenvalue weighted by atomic mass is 10.2. The minimum atomic E-state index is -3.94. The summed E-state index contributed by atoms with van der Waals surface area (Å²) < 4.78 is 30.5. The second kappa shape index (κ2) is 4.52. The molecular formula is C7H10N2O3S3. The molecule has 1 rings (SSSR count). The van der Waals surface area contributed by atoms with Crippen molar-refractivity contribution in [2.45, 2.75) is 0 Å². The van der Waals surface area contributed by atoms with Crippen molar-refractivity contribution in [1.29, 1.82) is 0 Å². The van der Waals surface area contributed by atoms with Crippen LogP contribution >= 0.6 is 24.4 Å². The van der Waals surface area contributed by atoms with E-state index in [1.807, 2.05) is 0 Å². The minimum Gasteiger partial charge on any atom is -0.385 e. The van der Waals surface area contributed by atoms with E-state index in [0.29, 0.717) is 20.4 Å². The van der Waals surface area contributed by atoms with E-state index in [0.717, 1.165) is 0 Å². The highest BCUT2D eigenvalue weighted by Crippen LogP contribution is 2.31. The monoisotopic (exact) mass is 266 g/mol. The van der Waals surface area contributed by atoms with Crippen molar-refractivity contribution in [2.75, 3.05) is 30.0 Å². The lowest BCUT2D eigenvalue weighted by Gasteiger charge is -2.15. The molecule has 84 valence electrons. The van der Waals surface area contributed by atoms with Crippen LogP contribution in [-0.4, -0.2) is 32.3 Å². The Morgan fingerprint density at radius 3 is 2.27 bits per heavy atom. The second-order valence-corrected chi connectivity index (χ2v) is 5.26. The van der Waals surface area contributed by atoms with Crippen LogP contribution in [-0.2, 0) is 10.1 Å². The van der Waals surface area contributed by atoms with Gasteiger partial charge in [0.1, 0.15) is 0 Å². The molecule has 3 N–H and O–H groups in total. The summed E-state index contributed by atoms with van der Waals surface area (Å²) in [5.41, 5.74) is 1.35. The van der Waals surface area contributed by atoms with Gasteiger partial charge in [0.15, 0.2) is 0 Å². The molecule has 0 saturated heterocycles. The first-order chi connectivity index (χ1) is 6.87. The van der Waals surface area contributed by atoms with Crippen LogP contribution in [0.25, 0.3) is 0 Å². The zero-order valence-corrected chi connectivity index (χ0v) is 10.4. The maximum absolute atomic E-state index is 10.4. The molecule has 0 saturated carbocycles. The lowest BCUT2D eigenvalue weighted by molar-refractivity contribution is 0.484. The lowest BCUT2D eigenvalue weighted by Crippen LogP contribution is -2.16. The van der Waals surface area contributed by atoms with Crippen LogP contribution in [0.15, 0.2) is 0 Å². The number of rotatable bonds is 5. The Balaban J connectivity index is 2.64. The molecule has 0 aliphatic rings. The third-order valence-electron chi connectivity index (χ3n) is 1.82. The Bertz CT molecular complexity index is 528. The van der Waals surface area contributed by atoms with Crippen molar-refractivity contribution < 1.29 is 13.0 Å². The molecule has 0 heterocycles. The highest BCUT2D eigenvalue weighted by Gasteiger charge is 2.13. The largest absolute Gasteiger partial charge is 0.385 e. The molecular weight excluding hydrogens is 256 g/mol. The van der Waals surface area contributed by atoms with E-state index in [9.17, 15) is 8.42 Å². The van der Waals surface area contributed by atoms with E-state index in [1.54, 1.807) is 7.05 Å². The Hall–Kier alpha value is -0.570. The van der Waals surface area contributed by atoms with Crippen LogP contribution < -0.4 is 10.6 Å². The Morgan fingerprint density at radius 2 is 1.80 bits per heavy atom. The van der Waals surface area contributed by atoms with Crippen molar-refractivity contribution >= 4 is 45.9 Å². The Kier molecular flexibility index (Phi) is 3.77. The summed E-state index contributed by atoms with van der Waals surface area (Å²) in [5.74, 6) is -0.358. The quantitative estimate of drug-likeness (QED) is 0.548. The average Bonchev–Trinajstić information content (AvgIpc) is 2.14. The molecule has 0 amide bonds. The van der Waals surface area contributed by atoms with Gasteiger partial charge in [-0.2, -0.15) is 8.42 Å². The summed E-state index contributed by atoms with van der Waals surface area (Å²) in [4.78, 5) is 0. The number of anilines is 2. The molecule has 0 aliphatic carbocycles. The first-order valence-corrected chi connectivity index (χ1v) is 6.49. The fourth-order valence-corrected chi connectivity index (χ4v) is 2.05. The third kappa shape index (κ3) is 2.94. The number of nitrogens with one attached hydrogen (secondary N) is 2. The van der Waals surface area contributed by atoms with Crippen molar-refractivity contribution in [1.82, 2.24) is 0 Å². The van der Waals surface area contributed by atoms with Crippen molar-refractivity contribution in [3.05, 3.63) is 9.02 Å². The SMILES string of the molecule is CNc1c(NCCS(=O)(=O)O)c(=S)c1=S. The molecule has 0 fully saturated rings. The van der Waals surface area contributed by atoms with Crippen LogP contribution in [0, 0.1) is 9.02 Å². The normalized spacial score (nSPS) is 11.6. The van der Waals surface area contributed by atoms with E-state index in [4.69, 9.17) is 29.0 Å². The van der Waals surface area contributed by atoms with Gasteiger partial charge in [-0.3, -0.25) is 4.55 Å². The molecule has 5 nitrogen and oxygen atoms in total. The molecule has 8 heteroatoms. The molecule has 0 unspecified atom stereocenters. The summed E-state index contributed by atoms with van der Waals surface area (Å²) in [6.45, 7) is 0.0993. The second-order valence-electron chi connectivity index (χ2n) is 2.87. The highest BCUT2D eigenvalue weighted by atomic mass is 32.2. The van der Waals surface area contributed by atoms with Crippen molar-refractivity contribution in [3.63, 3.8) is 0 Å². The van der Waals surface area contributed by atoms with Crippen LogP contribution in [0.1, 0.15) is 0 Å². The van der Waals surface area contributed by atoms with Crippen molar-refractivity contribution in [2.24, 2.45) is 0 Å². The van der Waals surface area contributed by atoms with Gasteiger partial charge in [-0.05, 0) is 0 Å². The molecule has 0 aromatic heterocycles. The zero-order valence-electron chi connectivity index (χ0n) is 7.90. The predicted octanol–water partition coefficient (Wildman–Crippen LogP) is 1.36. The fourth-order valence-electron chi connectivity index (χ4n) is 1.10. The first-order valence-electron chi connectivity index (χ1n) is 4.07. The minimum absolute atomic E-state index is 0.0993. The molecule has 0 spiro atoms. The summed E-state index contributed by atoms with van der Waals surface area (Å²) in [7, 11) is -2.24. The summed E-state index contributed by atoms with van der Waals surface area (Å²) in [5, 5.41) is 5.66. The topological polar surface area (TPSA) is 78.4 Å². The van der Waals surface area contributed by atoms with Gasteiger partial charge in [0, 0.05) is 13.6 Å². The molecule has 0 radical (unpaired) electrons. The van der Waals surface area contributed by atoms with Gasteiger partial charge in [-0.15, -0.1) is 0 Å². The van der Waals surface area contributed by atoms with E-state index in [-0.39, 0.29) is 12.3 Å². The van der Waals surface area contributed by atoms with Gasteiger partial charge in [0.05, 0.1) is 26.1 Å². The number of hydrogen-bond acceptors (Lipinski definition) is 6. The maximum Gasteiger partial charge on any atom is 0.266 e. The van der Waals surface area contributed by atoms with Crippen LogP contribution in [0.2, 0.25) is 0 Å². The molecule has 15 heavy (non-hydrogen) atoms. The third-order valence-corrected chi connectivity index (χ3v) is 3.49. The molecule has 0 bridgehead atoms. The van der Waals surface area contributed by atoms with Crippen LogP contribution in [0.4, 0.5) is 11.4 Å². The highest BCUT2D eigenvalue weighted by molar-refractivity contribution is 7.85. The van der Waals surface area contributed by atoms with Crippen molar-refractivity contribution in [3.8, 4) is 0 Å². The summed E-state index contributed by atoms with van der Waals surface area (Å²) >= 11 is 9.92. The molecule has 1 aromatic rings. The average molecular weight is 266 g/mol. The van der Waals surface area contributed by atoms with E-state index in [2.05, 4.69) is 10.6 Å². The summed E-state index contributed by atoms with van der Waals surface area (Å²) in [6, 6.07) is 0. The van der Waals surface area contributed by atoms with Gasteiger partial charge >= 0.3 is 0 Å². The van der Waals surface area contributed by atoms with E-state index in [1.165, 1.54) is 0 Å². The zero-order chi connectivity index (χ0) is 11.6. The predicted molar refractivity (Wildman–Crippen MR) is 64.9 cm³/mol. The fraction of sp³-hybridized carbons (Fsp3) is 0.429. The van der Waals surface area contributed by atoms with Gasteiger partial charge in [0.25, 0.3) is 10.1 Å². The summed E-state index contributed by atoms with van der Waals surface area (Å²) in [6.07, 6.45) is 0. The standard InChI is InChI=1S/C7H10N2O3S3/c1-8-4-5(7(14)6(4)13)9-2-3-15(10,11)12/h8-9H,2-3H2,1H3,(H,10,11,12). The molecule has 0 atom stereocenters. The smallest absolute Gasteiger partial charge is 0.266 e. The molecule has 1 aromatic carbocycles. The molecule has 0 aliphatic heterocycles. The van der Waals surface area contributed by atoms with Gasteiger partial charge in [-0.25, -0.2) is 0 Å². The van der Waals surface area contributed by atoms with Gasteiger partial charge in [-0.1, -0.05) is 24.4 Å². The Morgan fingerprint density at radius 1 is 1.27 bits per heavy atom. The first kappa shape index (κ1) is 12.5. The van der Waals surface area contributed by atoms with Crippen LogP contribution in [0.3, 0.4) is 0 Å². The van der Waals surface area contributed by atoms with E-state index < -0.39 is 10.1 Å². The Labute approximate surface area is 98.0 Å². The maximum atomic E-state index is 10.4. The van der Waals surface area contributed by atoms with Gasteiger partial charge in [0.2, 0.25) is 0 Å². The van der Waals surface area contributed by atoms with Crippen LogP contribution in [0.5, 0.6) is 0 Å². The van der Waals surface area contributed by atoms with E-state index >= 15 is 0 Å². The van der Waals surface area contributed by atoms with Gasteiger partial charge < -0.3 is 10.6 Å².